The van der Waals surface area contributed by atoms with Crippen molar-refractivity contribution in [2.24, 2.45) is 0 Å². The number of ether oxygens (including phenoxy) is 2. The number of aryl methyl sites for hydroxylation is 2. The molecule has 2 aromatic rings. The van der Waals surface area contributed by atoms with Crippen LogP contribution in [0.3, 0.4) is 0 Å². The van der Waals surface area contributed by atoms with Crippen molar-refractivity contribution in [2.45, 2.75) is 13.0 Å². The largest absolute Gasteiger partial charge is 0.493 e. The second-order valence-electron chi connectivity index (χ2n) is 4.07. The van der Waals surface area contributed by atoms with Crippen molar-refractivity contribution in [1.29, 1.82) is 0 Å². The summed E-state index contributed by atoms with van der Waals surface area (Å²) >= 11 is 0. The van der Waals surface area contributed by atoms with Gasteiger partial charge in [-0.2, -0.15) is 0 Å². The van der Waals surface area contributed by atoms with Crippen molar-refractivity contribution in [1.82, 2.24) is 9.55 Å². The van der Waals surface area contributed by atoms with Crippen molar-refractivity contribution in [3.05, 3.63) is 42.0 Å². The Morgan fingerprint density at radius 2 is 2.05 bits per heavy atom. The average molecular weight is 260 g/mol. The van der Waals surface area contributed by atoms with Crippen molar-refractivity contribution in [3.63, 3.8) is 0 Å². The summed E-state index contributed by atoms with van der Waals surface area (Å²) < 4.78 is 12.3. The van der Waals surface area contributed by atoms with Crippen LogP contribution in [0.5, 0.6) is 11.5 Å². The third-order valence-electron chi connectivity index (χ3n) is 2.95. The predicted molar refractivity (Wildman–Crippen MR) is 70.9 cm³/mol. The fraction of sp³-hybridized carbons (Fsp3) is 0.286. The van der Waals surface area contributed by atoms with Gasteiger partial charge in [0, 0.05) is 6.54 Å². The van der Waals surface area contributed by atoms with Gasteiger partial charge in [0.15, 0.2) is 17.8 Å². The lowest BCUT2D eigenvalue weighted by Gasteiger charge is -2.10. The van der Waals surface area contributed by atoms with E-state index in [1.165, 1.54) is 0 Å². The number of rotatable bonds is 6. The molecule has 19 heavy (non-hydrogen) atoms. The highest BCUT2D eigenvalue weighted by Gasteiger charge is 2.05. The van der Waals surface area contributed by atoms with Crippen LogP contribution in [0, 0.1) is 0 Å². The average Bonchev–Trinajstić information content (AvgIpc) is 2.92. The van der Waals surface area contributed by atoms with Crippen LogP contribution in [0.1, 0.15) is 16.1 Å². The molecule has 1 heterocycles. The molecule has 0 aliphatic heterocycles. The molecule has 0 N–H and O–H groups in total. The molecule has 0 saturated heterocycles. The Bertz CT molecular complexity index is 564. The SMILES string of the molecule is COc1ccc(CCn2cncc2C=O)cc1OC. The van der Waals surface area contributed by atoms with E-state index in [1.807, 2.05) is 22.8 Å². The van der Waals surface area contributed by atoms with Crippen molar-refractivity contribution in [2.75, 3.05) is 14.2 Å². The number of aromatic nitrogens is 2. The fourth-order valence-electron chi connectivity index (χ4n) is 1.90. The van der Waals surface area contributed by atoms with Crippen molar-refractivity contribution < 1.29 is 14.3 Å². The summed E-state index contributed by atoms with van der Waals surface area (Å²) in [5.41, 5.74) is 1.70. The van der Waals surface area contributed by atoms with Gasteiger partial charge >= 0.3 is 0 Å². The van der Waals surface area contributed by atoms with Gasteiger partial charge in [0.25, 0.3) is 0 Å². The first-order valence-corrected chi connectivity index (χ1v) is 5.94. The number of imidazole rings is 1. The van der Waals surface area contributed by atoms with Crippen LogP contribution in [0.25, 0.3) is 0 Å². The van der Waals surface area contributed by atoms with Crippen LogP contribution in [-0.4, -0.2) is 30.1 Å². The quantitative estimate of drug-likeness (QED) is 0.745. The molecule has 2 rings (SSSR count). The van der Waals surface area contributed by atoms with Crippen molar-refractivity contribution in [3.8, 4) is 11.5 Å². The number of hydrogen-bond acceptors (Lipinski definition) is 4. The van der Waals surface area contributed by atoms with Crippen molar-refractivity contribution >= 4 is 6.29 Å². The first-order chi connectivity index (χ1) is 9.28. The highest BCUT2D eigenvalue weighted by atomic mass is 16.5. The summed E-state index contributed by atoms with van der Waals surface area (Å²) in [6, 6.07) is 5.80. The van der Waals surface area contributed by atoms with E-state index in [4.69, 9.17) is 9.47 Å². The molecule has 1 aromatic heterocycles. The van der Waals surface area contributed by atoms with Gasteiger partial charge in [-0.3, -0.25) is 4.79 Å². The zero-order valence-corrected chi connectivity index (χ0v) is 11.0. The van der Waals surface area contributed by atoms with Crippen LogP contribution in [0.15, 0.2) is 30.7 Å². The molecule has 0 bridgehead atoms. The van der Waals surface area contributed by atoms with Gasteiger partial charge in [-0.1, -0.05) is 6.07 Å². The smallest absolute Gasteiger partial charge is 0.168 e. The van der Waals surface area contributed by atoms with Crippen LogP contribution >= 0.6 is 0 Å². The van der Waals surface area contributed by atoms with Gasteiger partial charge in [-0.15, -0.1) is 0 Å². The number of aldehydes is 1. The summed E-state index contributed by atoms with van der Waals surface area (Å²) in [4.78, 5) is 14.7. The number of carbonyl (C=O) groups is 1. The van der Waals surface area contributed by atoms with E-state index in [0.717, 1.165) is 18.3 Å². The first-order valence-electron chi connectivity index (χ1n) is 5.94. The molecule has 0 amide bonds. The fourth-order valence-corrected chi connectivity index (χ4v) is 1.90. The molecule has 0 spiro atoms. The summed E-state index contributed by atoms with van der Waals surface area (Å²) in [6.45, 7) is 0.698. The van der Waals surface area contributed by atoms with Crippen LogP contribution in [0.4, 0.5) is 0 Å². The van der Waals surface area contributed by atoms with Gasteiger partial charge in [0.05, 0.1) is 26.7 Å². The Morgan fingerprint density at radius 1 is 1.26 bits per heavy atom. The minimum atomic E-state index is 0.584. The molecule has 1 aromatic carbocycles. The molecule has 0 fully saturated rings. The molecular formula is C14H16N2O3. The maximum atomic E-state index is 10.8. The van der Waals surface area contributed by atoms with Gasteiger partial charge in [-0.05, 0) is 24.1 Å². The highest BCUT2D eigenvalue weighted by molar-refractivity contribution is 5.71. The van der Waals surface area contributed by atoms with E-state index in [2.05, 4.69) is 4.98 Å². The second kappa shape index (κ2) is 6.04. The summed E-state index contributed by atoms with van der Waals surface area (Å²) in [5.74, 6) is 1.42. The minimum absolute atomic E-state index is 0.584. The zero-order valence-electron chi connectivity index (χ0n) is 11.0. The molecule has 0 unspecified atom stereocenters. The Morgan fingerprint density at radius 3 is 2.74 bits per heavy atom. The maximum absolute atomic E-state index is 10.8. The van der Waals surface area contributed by atoms with Gasteiger partial charge in [-0.25, -0.2) is 4.98 Å². The summed E-state index contributed by atoms with van der Waals surface area (Å²) in [6.07, 6.45) is 4.81. The lowest BCUT2D eigenvalue weighted by atomic mass is 10.1. The van der Waals surface area contributed by atoms with Crippen LogP contribution in [-0.2, 0) is 13.0 Å². The van der Waals surface area contributed by atoms with Gasteiger partial charge < -0.3 is 14.0 Å². The Labute approximate surface area is 111 Å². The van der Waals surface area contributed by atoms with E-state index < -0.39 is 0 Å². The number of methoxy groups -OCH3 is 2. The molecule has 0 saturated carbocycles. The maximum Gasteiger partial charge on any atom is 0.168 e. The van der Waals surface area contributed by atoms with E-state index in [0.29, 0.717) is 23.7 Å². The second-order valence-corrected chi connectivity index (χ2v) is 4.07. The van der Waals surface area contributed by atoms with E-state index in [9.17, 15) is 4.79 Å². The normalized spacial score (nSPS) is 10.2. The molecule has 5 nitrogen and oxygen atoms in total. The molecule has 0 atom stereocenters. The first kappa shape index (κ1) is 13.1. The Balaban J connectivity index is 2.09. The van der Waals surface area contributed by atoms with Crippen LogP contribution in [0.2, 0.25) is 0 Å². The van der Waals surface area contributed by atoms with Crippen LogP contribution < -0.4 is 9.47 Å². The number of benzene rings is 1. The van der Waals surface area contributed by atoms with E-state index in [1.54, 1.807) is 26.7 Å². The minimum Gasteiger partial charge on any atom is -0.493 e. The number of nitrogens with zero attached hydrogens (tertiary/aromatic N) is 2. The molecule has 100 valence electrons. The lowest BCUT2D eigenvalue weighted by molar-refractivity contribution is 0.111. The Hall–Kier alpha value is -2.30. The third-order valence-corrected chi connectivity index (χ3v) is 2.95. The monoisotopic (exact) mass is 260 g/mol. The molecule has 5 heteroatoms. The third kappa shape index (κ3) is 2.93. The van der Waals surface area contributed by atoms with E-state index in [-0.39, 0.29) is 0 Å². The van der Waals surface area contributed by atoms with E-state index >= 15 is 0 Å². The predicted octanol–water partition coefficient (Wildman–Crippen LogP) is 1.96. The molecule has 0 aliphatic carbocycles. The summed E-state index contributed by atoms with van der Waals surface area (Å²) in [7, 11) is 3.22. The molecular weight excluding hydrogens is 244 g/mol. The van der Waals surface area contributed by atoms with Gasteiger partial charge in [0.2, 0.25) is 0 Å². The highest BCUT2D eigenvalue weighted by Crippen LogP contribution is 2.27. The molecule has 0 aliphatic rings. The summed E-state index contributed by atoms with van der Waals surface area (Å²) in [5, 5.41) is 0. The topological polar surface area (TPSA) is 53.4 Å². The lowest BCUT2D eigenvalue weighted by Crippen LogP contribution is -2.04. The standard InChI is InChI=1S/C14H16N2O3/c1-18-13-4-3-11(7-14(13)19-2)5-6-16-10-15-8-12(16)9-17/h3-4,7-10H,5-6H2,1-2H3. The number of hydrogen-bond donors (Lipinski definition) is 0. The zero-order chi connectivity index (χ0) is 13.7. The number of carbonyl (C=O) groups excluding carboxylic acids is 1. The molecule has 0 radical (unpaired) electrons. The Kier molecular flexibility index (Phi) is 4.18. The van der Waals surface area contributed by atoms with Gasteiger partial charge in [0.1, 0.15) is 5.69 Å².